The summed E-state index contributed by atoms with van der Waals surface area (Å²) in [7, 11) is 1.70. The van der Waals surface area contributed by atoms with Gasteiger partial charge < -0.3 is 15.0 Å². The van der Waals surface area contributed by atoms with E-state index < -0.39 is 17.8 Å². The molecule has 1 fully saturated rings. The minimum atomic E-state index is -4.36. The minimum Gasteiger partial charge on any atom is -0.370 e. The number of hydrogen-bond acceptors (Lipinski definition) is 3. The van der Waals surface area contributed by atoms with Gasteiger partial charge in [-0.05, 0) is 29.1 Å². The number of alkyl halides is 3. The Morgan fingerprint density at radius 1 is 1.35 bits per heavy atom. The van der Waals surface area contributed by atoms with Crippen molar-refractivity contribution in [2.45, 2.75) is 18.8 Å². The van der Waals surface area contributed by atoms with Gasteiger partial charge in [0.15, 0.2) is 5.96 Å². The van der Waals surface area contributed by atoms with Gasteiger partial charge in [0.1, 0.15) is 6.10 Å². The number of benzene rings is 1. The zero-order chi connectivity index (χ0) is 18.6. The summed E-state index contributed by atoms with van der Waals surface area (Å²) in [6, 6.07) is 9.36. The van der Waals surface area contributed by atoms with Crippen molar-refractivity contribution in [1.29, 1.82) is 0 Å². The van der Waals surface area contributed by atoms with Gasteiger partial charge in [0.25, 0.3) is 0 Å². The lowest BCUT2D eigenvalue weighted by Crippen LogP contribution is -2.47. The molecule has 0 radical (unpaired) electrons. The van der Waals surface area contributed by atoms with Gasteiger partial charge in [-0.2, -0.15) is 13.2 Å². The van der Waals surface area contributed by atoms with Gasteiger partial charge in [0.05, 0.1) is 25.3 Å². The summed E-state index contributed by atoms with van der Waals surface area (Å²) < 4.78 is 44.6. The largest absolute Gasteiger partial charge is 0.416 e. The second-order valence-corrected chi connectivity index (χ2v) is 6.94. The maximum Gasteiger partial charge on any atom is 0.416 e. The molecule has 1 aromatic carbocycles. The van der Waals surface area contributed by atoms with Crippen LogP contribution in [0.3, 0.4) is 0 Å². The zero-order valence-corrected chi connectivity index (χ0v) is 15.1. The van der Waals surface area contributed by atoms with Crippen LogP contribution in [0, 0.1) is 0 Å². The third kappa shape index (κ3) is 4.56. The normalized spacial score (nSPS) is 18.8. The lowest BCUT2D eigenvalue weighted by molar-refractivity contribution is -0.137. The van der Waals surface area contributed by atoms with E-state index in [1.807, 2.05) is 22.4 Å². The summed E-state index contributed by atoms with van der Waals surface area (Å²) in [5.41, 5.74) is -0.130. The number of morpholine rings is 1. The van der Waals surface area contributed by atoms with Crippen LogP contribution in [0.25, 0.3) is 0 Å². The molecule has 2 heterocycles. The highest BCUT2D eigenvalue weighted by Crippen LogP contribution is 2.32. The highest BCUT2D eigenvalue weighted by molar-refractivity contribution is 7.09. The van der Waals surface area contributed by atoms with E-state index in [4.69, 9.17) is 4.74 Å². The summed E-state index contributed by atoms with van der Waals surface area (Å²) in [4.78, 5) is 7.50. The van der Waals surface area contributed by atoms with E-state index in [1.165, 1.54) is 10.9 Å². The van der Waals surface area contributed by atoms with Crippen LogP contribution in [-0.4, -0.2) is 37.6 Å². The Bertz CT molecular complexity index is 746. The molecule has 8 heteroatoms. The molecule has 1 saturated heterocycles. The quantitative estimate of drug-likeness (QED) is 0.645. The molecule has 0 saturated carbocycles. The number of guanidine groups is 1. The average Bonchev–Trinajstić information content (AvgIpc) is 3.15. The Morgan fingerprint density at radius 2 is 2.19 bits per heavy atom. The van der Waals surface area contributed by atoms with Crippen molar-refractivity contribution in [3.05, 3.63) is 57.8 Å². The van der Waals surface area contributed by atoms with Crippen LogP contribution >= 0.6 is 11.3 Å². The van der Waals surface area contributed by atoms with Gasteiger partial charge in [0.2, 0.25) is 0 Å². The summed E-state index contributed by atoms with van der Waals surface area (Å²) in [5, 5.41) is 5.31. The van der Waals surface area contributed by atoms with E-state index in [9.17, 15) is 13.2 Å². The molecule has 140 valence electrons. The van der Waals surface area contributed by atoms with Gasteiger partial charge >= 0.3 is 6.18 Å². The van der Waals surface area contributed by atoms with Crippen molar-refractivity contribution in [3.63, 3.8) is 0 Å². The van der Waals surface area contributed by atoms with E-state index in [0.717, 1.165) is 18.1 Å². The number of rotatable bonds is 3. The van der Waals surface area contributed by atoms with Gasteiger partial charge in [-0.25, -0.2) is 0 Å². The number of aliphatic imine (C=N–C) groups is 1. The van der Waals surface area contributed by atoms with Crippen LogP contribution in [0.15, 0.2) is 46.8 Å². The maximum absolute atomic E-state index is 13.0. The molecule has 0 aliphatic carbocycles. The predicted octanol–water partition coefficient (Wildman–Crippen LogP) is 3.92. The maximum atomic E-state index is 13.0. The first kappa shape index (κ1) is 18.7. The van der Waals surface area contributed by atoms with Crippen LogP contribution in [0.5, 0.6) is 0 Å². The molecule has 26 heavy (non-hydrogen) atoms. The Balaban J connectivity index is 1.68. The summed E-state index contributed by atoms with van der Waals surface area (Å²) in [6.45, 7) is 2.18. The molecule has 3 rings (SSSR count). The molecule has 0 amide bonds. The molecule has 1 unspecified atom stereocenters. The van der Waals surface area contributed by atoms with Crippen molar-refractivity contribution in [2.75, 3.05) is 26.7 Å². The third-order valence-corrected chi connectivity index (χ3v) is 5.04. The summed E-state index contributed by atoms with van der Waals surface area (Å²) >= 11 is 1.66. The number of hydrogen-bond donors (Lipinski definition) is 1. The molecule has 1 N–H and O–H groups in total. The fourth-order valence-electron chi connectivity index (χ4n) is 2.87. The molecular formula is C18H20F3N3OS. The van der Waals surface area contributed by atoms with Crippen molar-refractivity contribution >= 4 is 17.3 Å². The molecule has 1 atom stereocenters. The van der Waals surface area contributed by atoms with Gasteiger partial charge in [-0.1, -0.05) is 18.2 Å². The smallest absolute Gasteiger partial charge is 0.370 e. The van der Waals surface area contributed by atoms with E-state index in [1.54, 1.807) is 24.5 Å². The SMILES string of the molecule is CN=C(NCc1cccs1)N1CCOC(c2cccc(C(F)(F)F)c2)C1. The van der Waals surface area contributed by atoms with Gasteiger partial charge in [0, 0.05) is 18.5 Å². The Labute approximate surface area is 154 Å². The Morgan fingerprint density at radius 3 is 2.88 bits per heavy atom. The number of nitrogens with zero attached hydrogens (tertiary/aromatic N) is 2. The van der Waals surface area contributed by atoms with Crippen LogP contribution in [-0.2, 0) is 17.5 Å². The van der Waals surface area contributed by atoms with Gasteiger partial charge in [-0.3, -0.25) is 4.99 Å². The lowest BCUT2D eigenvalue weighted by atomic mass is 10.0. The Kier molecular flexibility index (Phi) is 5.83. The summed E-state index contributed by atoms with van der Waals surface area (Å²) in [6.07, 6.45) is -4.78. The molecule has 0 spiro atoms. The highest BCUT2D eigenvalue weighted by atomic mass is 32.1. The van der Waals surface area contributed by atoms with Crippen LogP contribution in [0.1, 0.15) is 22.1 Å². The predicted molar refractivity (Wildman–Crippen MR) is 96.2 cm³/mol. The molecular weight excluding hydrogens is 363 g/mol. The molecule has 1 aromatic heterocycles. The third-order valence-electron chi connectivity index (χ3n) is 4.16. The fourth-order valence-corrected chi connectivity index (χ4v) is 3.51. The van der Waals surface area contributed by atoms with Crippen molar-refractivity contribution < 1.29 is 17.9 Å². The number of ether oxygens (including phenoxy) is 1. The molecule has 1 aliphatic heterocycles. The molecule has 0 bridgehead atoms. The minimum absolute atomic E-state index is 0.425. The topological polar surface area (TPSA) is 36.9 Å². The first-order valence-corrected chi connectivity index (χ1v) is 9.12. The van der Waals surface area contributed by atoms with E-state index >= 15 is 0 Å². The fraction of sp³-hybridized carbons (Fsp3) is 0.389. The van der Waals surface area contributed by atoms with E-state index in [2.05, 4.69) is 10.3 Å². The molecule has 4 nitrogen and oxygen atoms in total. The summed E-state index contributed by atoms with van der Waals surface area (Å²) in [5.74, 6) is 0.721. The first-order valence-electron chi connectivity index (χ1n) is 8.24. The monoisotopic (exact) mass is 383 g/mol. The van der Waals surface area contributed by atoms with E-state index in [0.29, 0.717) is 31.8 Å². The number of nitrogens with one attached hydrogen (secondary N) is 1. The molecule has 1 aliphatic rings. The first-order chi connectivity index (χ1) is 12.5. The lowest BCUT2D eigenvalue weighted by Gasteiger charge is -2.35. The highest BCUT2D eigenvalue weighted by Gasteiger charge is 2.32. The van der Waals surface area contributed by atoms with Crippen LogP contribution in [0.4, 0.5) is 13.2 Å². The molecule has 2 aromatic rings. The van der Waals surface area contributed by atoms with Crippen molar-refractivity contribution in [2.24, 2.45) is 4.99 Å². The van der Waals surface area contributed by atoms with E-state index in [-0.39, 0.29) is 0 Å². The second-order valence-electron chi connectivity index (χ2n) is 5.91. The number of halogens is 3. The van der Waals surface area contributed by atoms with Crippen molar-refractivity contribution in [3.8, 4) is 0 Å². The standard InChI is InChI=1S/C18H20F3N3OS/c1-22-17(23-11-15-6-3-9-26-15)24-7-8-25-16(12-24)13-4-2-5-14(10-13)18(19,20)21/h2-6,9-10,16H,7-8,11-12H2,1H3,(H,22,23). The average molecular weight is 383 g/mol. The van der Waals surface area contributed by atoms with Gasteiger partial charge in [-0.15, -0.1) is 11.3 Å². The second kappa shape index (κ2) is 8.09. The Hall–Kier alpha value is -2.06. The number of thiophene rings is 1. The van der Waals surface area contributed by atoms with Crippen LogP contribution < -0.4 is 5.32 Å². The van der Waals surface area contributed by atoms with Crippen molar-refractivity contribution in [1.82, 2.24) is 10.2 Å². The van der Waals surface area contributed by atoms with Crippen LogP contribution in [0.2, 0.25) is 0 Å². The zero-order valence-electron chi connectivity index (χ0n) is 14.3.